The molecule has 1 heterocycles. The Morgan fingerprint density at radius 1 is 1.59 bits per heavy atom. The van der Waals surface area contributed by atoms with Crippen LogP contribution >= 0.6 is 0 Å². The molecule has 1 aromatic rings. The smallest absolute Gasteiger partial charge is 0.279 e. The highest BCUT2D eigenvalue weighted by Gasteiger charge is 2.22. The van der Waals surface area contributed by atoms with Crippen molar-refractivity contribution in [3.05, 3.63) is 5.82 Å². The number of aromatic amines is 1. The lowest BCUT2D eigenvalue weighted by Gasteiger charge is -2.19. The number of tetrazole rings is 1. The molecule has 0 bridgehead atoms. The Balaban J connectivity index is 2.60. The second-order valence-corrected chi connectivity index (χ2v) is 5.39. The summed E-state index contributed by atoms with van der Waals surface area (Å²) < 4.78 is 27.3. The zero-order valence-electron chi connectivity index (χ0n) is 9.79. The maximum atomic E-state index is 11.8. The molecule has 17 heavy (non-hydrogen) atoms. The maximum absolute atomic E-state index is 11.8. The summed E-state index contributed by atoms with van der Waals surface area (Å²) in [5.41, 5.74) is 5.32. The van der Waals surface area contributed by atoms with E-state index in [2.05, 4.69) is 25.3 Å². The van der Waals surface area contributed by atoms with Gasteiger partial charge in [-0.3, -0.25) is 0 Å². The van der Waals surface area contributed by atoms with Gasteiger partial charge in [-0.05, 0) is 19.9 Å². The summed E-state index contributed by atoms with van der Waals surface area (Å²) in [5.74, 6) is 0.292. The van der Waals surface area contributed by atoms with E-state index in [0.29, 0.717) is 25.3 Å². The highest BCUT2D eigenvalue weighted by Crippen LogP contribution is 2.07. The Morgan fingerprint density at radius 3 is 2.82 bits per heavy atom. The fraction of sp³-hybridized carbons (Fsp3) is 0.857. The molecule has 0 fully saturated rings. The zero-order chi connectivity index (χ0) is 12.9. The van der Waals surface area contributed by atoms with Gasteiger partial charge in [0.1, 0.15) is 0 Å². The standard InChI is InChI=1S/C7H17N7O2S/c1-6(7-9-12-13-10-7)11-17(15,16)14(2)5-3-4-8/h6,11H,3-5,8H2,1-2H3,(H,9,10,12,13). The SMILES string of the molecule is CC(NS(=O)(=O)N(C)CCCN)c1nn[nH]n1. The molecule has 0 saturated carbocycles. The van der Waals surface area contributed by atoms with Crippen molar-refractivity contribution in [3.63, 3.8) is 0 Å². The van der Waals surface area contributed by atoms with Gasteiger partial charge in [0, 0.05) is 13.6 Å². The molecule has 0 aliphatic rings. The minimum atomic E-state index is -3.55. The van der Waals surface area contributed by atoms with Gasteiger partial charge in [-0.15, -0.1) is 10.2 Å². The molecule has 4 N–H and O–H groups in total. The summed E-state index contributed by atoms with van der Waals surface area (Å²) in [6.45, 7) is 2.45. The summed E-state index contributed by atoms with van der Waals surface area (Å²) in [5, 5.41) is 13.0. The average Bonchev–Trinajstić information content (AvgIpc) is 2.78. The quantitative estimate of drug-likeness (QED) is 0.542. The third-order valence-electron chi connectivity index (χ3n) is 2.16. The van der Waals surface area contributed by atoms with Gasteiger partial charge in [-0.2, -0.15) is 22.7 Å². The summed E-state index contributed by atoms with van der Waals surface area (Å²) in [6, 6.07) is -0.543. The van der Waals surface area contributed by atoms with E-state index < -0.39 is 16.3 Å². The molecule has 1 aromatic heterocycles. The van der Waals surface area contributed by atoms with Crippen LogP contribution in [-0.4, -0.2) is 53.5 Å². The molecule has 98 valence electrons. The van der Waals surface area contributed by atoms with E-state index in [4.69, 9.17) is 5.73 Å². The predicted octanol–water partition coefficient (Wildman–Crippen LogP) is -1.62. The molecule has 0 spiro atoms. The summed E-state index contributed by atoms with van der Waals surface area (Å²) in [6.07, 6.45) is 0.605. The predicted molar refractivity (Wildman–Crippen MR) is 60.9 cm³/mol. The Kier molecular flexibility index (Phi) is 4.93. The van der Waals surface area contributed by atoms with Crippen molar-refractivity contribution in [2.45, 2.75) is 19.4 Å². The maximum Gasteiger partial charge on any atom is 0.279 e. The van der Waals surface area contributed by atoms with E-state index in [0.717, 1.165) is 0 Å². The zero-order valence-corrected chi connectivity index (χ0v) is 10.6. The fourth-order valence-electron chi connectivity index (χ4n) is 1.15. The van der Waals surface area contributed by atoms with E-state index in [1.54, 1.807) is 6.92 Å². The first-order chi connectivity index (χ1) is 7.97. The molecular weight excluding hydrogens is 246 g/mol. The van der Waals surface area contributed by atoms with Crippen molar-refractivity contribution in [1.82, 2.24) is 29.7 Å². The lowest BCUT2D eigenvalue weighted by molar-refractivity contribution is 0.444. The van der Waals surface area contributed by atoms with Gasteiger partial charge < -0.3 is 5.73 Å². The number of H-pyrrole nitrogens is 1. The van der Waals surface area contributed by atoms with Gasteiger partial charge in [0.2, 0.25) is 0 Å². The van der Waals surface area contributed by atoms with Crippen LogP contribution in [0.3, 0.4) is 0 Å². The van der Waals surface area contributed by atoms with Crippen LogP contribution in [0.25, 0.3) is 0 Å². The summed E-state index contributed by atoms with van der Waals surface area (Å²) in [4.78, 5) is 0. The van der Waals surface area contributed by atoms with Gasteiger partial charge >= 0.3 is 0 Å². The number of rotatable bonds is 7. The van der Waals surface area contributed by atoms with Crippen LogP contribution in [0, 0.1) is 0 Å². The Labute approximate surface area is 99.9 Å². The van der Waals surface area contributed by atoms with Gasteiger partial charge in [-0.1, -0.05) is 5.21 Å². The number of nitrogens with two attached hydrogens (primary N) is 1. The first kappa shape index (κ1) is 14.0. The summed E-state index contributed by atoms with van der Waals surface area (Å²) >= 11 is 0. The molecule has 0 saturated heterocycles. The van der Waals surface area contributed by atoms with E-state index >= 15 is 0 Å². The van der Waals surface area contributed by atoms with Crippen LogP contribution in [0.15, 0.2) is 0 Å². The van der Waals surface area contributed by atoms with Crippen LogP contribution in [0.5, 0.6) is 0 Å². The van der Waals surface area contributed by atoms with Crippen molar-refractivity contribution in [1.29, 1.82) is 0 Å². The van der Waals surface area contributed by atoms with Crippen LogP contribution in [0.2, 0.25) is 0 Å². The Bertz CT molecular complexity index is 417. The molecule has 1 unspecified atom stereocenters. The molecule has 1 atom stereocenters. The van der Waals surface area contributed by atoms with Crippen molar-refractivity contribution >= 4 is 10.2 Å². The van der Waals surface area contributed by atoms with Crippen molar-refractivity contribution in [2.24, 2.45) is 5.73 Å². The Morgan fingerprint density at radius 2 is 2.29 bits per heavy atom. The number of hydrogen-bond acceptors (Lipinski definition) is 6. The molecule has 10 heteroatoms. The molecule has 1 rings (SSSR count). The normalized spacial score (nSPS) is 14.1. The highest BCUT2D eigenvalue weighted by molar-refractivity contribution is 7.87. The fourth-order valence-corrected chi connectivity index (χ4v) is 2.25. The average molecular weight is 263 g/mol. The lowest BCUT2D eigenvalue weighted by Crippen LogP contribution is -2.40. The van der Waals surface area contributed by atoms with Gasteiger partial charge in [0.25, 0.3) is 10.2 Å². The van der Waals surface area contributed by atoms with Gasteiger partial charge in [-0.25, -0.2) is 0 Å². The van der Waals surface area contributed by atoms with E-state index in [9.17, 15) is 8.42 Å². The van der Waals surface area contributed by atoms with Crippen LogP contribution < -0.4 is 10.5 Å². The first-order valence-corrected chi connectivity index (χ1v) is 6.58. The molecule has 0 radical (unpaired) electrons. The van der Waals surface area contributed by atoms with Gasteiger partial charge in [0.15, 0.2) is 5.82 Å². The van der Waals surface area contributed by atoms with Crippen LogP contribution in [-0.2, 0) is 10.2 Å². The summed E-state index contributed by atoms with van der Waals surface area (Å²) in [7, 11) is -2.06. The number of hydrogen-bond donors (Lipinski definition) is 3. The number of nitrogens with one attached hydrogen (secondary N) is 2. The molecule has 0 aliphatic heterocycles. The third-order valence-corrected chi connectivity index (χ3v) is 3.82. The minimum Gasteiger partial charge on any atom is -0.330 e. The molecule has 0 aromatic carbocycles. The van der Waals surface area contributed by atoms with Gasteiger partial charge in [0.05, 0.1) is 6.04 Å². The Hall–Kier alpha value is -1.10. The molecule has 0 amide bonds. The third kappa shape index (κ3) is 4.00. The van der Waals surface area contributed by atoms with Crippen LogP contribution in [0.4, 0.5) is 0 Å². The monoisotopic (exact) mass is 263 g/mol. The van der Waals surface area contributed by atoms with Crippen molar-refractivity contribution < 1.29 is 8.42 Å². The topological polar surface area (TPSA) is 130 Å². The minimum absolute atomic E-state index is 0.292. The first-order valence-electron chi connectivity index (χ1n) is 5.14. The van der Waals surface area contributed by atoms with E-state index in [1.165, 1.54) is 11.4 Å². The highest BCUT2D eigenvalue weighted by atomic mass is 32.2. The lowest BCUT2D eigenvalue weighted by atomic mass is 10.4. The van der Waals surface area contributed by atoms with Crippen molar-refractivity contribution in [2.75, 3.05) is 20.1 Å². The van der Waals surface area contributed by atoms with Crippen LogP contribution in [0.1, 0.15) is 25.2 Å². The van der Waals surface area contributed by atoms with E-state index in [-0.39, 0.29) is 0 Å². The number of aromatic nitrogens is 4. The second-order valence-electron chi connectivity index (χ2n) is 3.58. The van der Waals surface area contributed by atoms with Crippen molar-refractivity contribution in [3.8, 4) is 0 Å². The number of nitrogens with zero attached hydrogens (tertiary/aromatic N) is 4. The molecular formula is C7H17N7O2S. The molecule has 9 nitrogen and oxygen atoms in total. The largest absolute Gasteiger partial charge is 0.330 e. The van der Waals surface area contributed by atoms with E-state index in [1.807, 2.05) is 0 Å². The molecule has 0 aliphatic carbocycles. The second kappa shape index (κ2) is 6.00.